The van der Waals surface area contributed by atoms with Gasteiger partial charge in [-0.25, -0.2) is 0 Å². The molecule has 0 aliphatic heterocycles. The predicted molar refractivity (Wildman–Crippen MR) is 83.4 cm³/mol. The summed E-state index contributed by atoms with van der Waals surface area (Å²) in [6.07, 6.45) is 2.80. The third-order valence-corrected chi connectivity index (χ3v) is 3.37. The topological polar surface area (TPSA) is 52.0 Å². The second-order valence-corrected chi connectivity index (χ2v) is 5.34. The summed E-state index contributed by atoms with van der Waals surface area (Å²) in [6.45, 7) is 7.01. The zero-order valence-corrected chi connectivity index (χ0v) is 13.0. The highest BCUT2D eigenvalue weighted by molar-refractivity contribution is 5.25. The van der Waals surface area contributed by atoms with Gasteiger partial charge in [-0.2, -0.15) is 4.98 Å². The van der Waals surface area contributed by atoms with Crippen LogP contribution in [0.2, 0.25) is 0 Å². The lowest BCUT2D eigenvalue weighted by atomic mass is 10.00. The van der Waals surface area contributed by atoms with Crippen molar-refractivity contribution in [3.63, 3.8) is 0 Å². The van der Waals surface area contributed by atoms with Gasteiger partial charge in [0, 0.05) is 13.6 Å². The monoisotopic (exact) mass is 288 g/mol. The molecule has 0 bridgehead atoms. The van der Waals surface area contributed by atoms with Crippen molar-refractivity contribution >= 4 is 0 Å². The Kier molecular flexibility index (Phi) is 5.75. The minimum Gasteiger partial charge on any atom is -0.458 e. The average molecular weight is 288 g/mol. The highest BCUT2D eigenvalue weighted by Gasteiger charge is 2.05. The Morgan fingerprint density at radius 2 is 2.05 bits per heavy atom. The minimum atomic E-state index is 0.415. The molecule has 1 aromatic heterocycles. The van der Waals surface area contributed by atoms with E-state index in [1.165, 1.54) is 12.0 Å². The molecule has 21 heavy (non-hydrogen) atoms. The molecular formula is C16H24N4O. The van der Waals surface area contributed by atoms with Crippen LogP contribution in [0.4, 0.5) is 0 Å². The van der Waals surface area contributed by atoms with E-state index >= 15 is 0 Å². The Labute approximate surface area is 126 Å². The molecule has 0 aliphatic carbocycles. The molecule has 0 radical (unpaired) electrons. The fourth-order valence-electron chi connectivity index (χ4n) is 2.09. The Morgan fingerprint density at radius 3 is 2.67 bits per heavy atom. The van der Waals surface area contributed by atoms with Crippen LogP contribution in [0.1, 0.15) is 37.3 Å². The molecule has 5 nitrogen and oxygen atoms in total. The van der Waals surface area contributed by atoms with Gasteiger partial charge in [0.1, 0.15) is 12.9 Å². The Bertz CT molecular complexity index is 535. The molecule has 1 unspecified atom stereocenters. The lowest BCUT2D eigenvalue weighted by Gasteiger charge is -2.13. The first-order valence-electron chi connectivity index (χ1n) is 7.47. The largest absolute Gasteiger partial charge is 0.458 e. The number of nitrogens with one attached hydrogen (secondary N) is 1. The van der Waals surface area contributed by atoms with Crippen LogP contribution in [0.3, 0.4) is 0 Å². The molecule has 0 saturated heterocycles. The number of ether oxygens (including phenoxy) is 1. The average Bonchev–Trinajstić information content (AvgIpc) is 2.91. The predicted octanol–water partition coefficient (Wildman–Crippen LogP) is 2.50. The summed E-state index contributed by atoms with van der Waals surface area (Å²) in [5.74, 6) is 0.518. The van der Waals surface area contributed by atoms with E-state index in [2.05, 4.69) is 53.5 Å². The molecule has 0 spiro atoms. The normalized spacial score (nSPS) is 12.3. The number of aromatic nitrogens is 3. The van der Waals surface area contributed by atoms with Gasteiger partial charge in [0.15, 0.2) is 0 Å². The highest BCUT2D eigenvalue weighted by atomic mass is 16.5. The van der Waals surface area contributed by atoms with Crippen LogP contribution >= 0.6 is 0 Å². The molecule has 5 heteroatoms. The summed E-state index contributed by atoms with van der Waals surface area (Å²) in [5.41, 5.74) is 2.47. The van der Waals surface area contributed by atoms with Crippen LogP contribution in [0.15, 0.2) is 30.6 Å². The van der Waals surface area contributed by atoms with Crippen LogP contribution in [0, 0.1) is 0 Å². The summed E-state index contributed by atoms with van der Waals surface area (Å²) in [6, 6.07) is 8.97. The Hall–Kier alpha value is -1.88. The first-order valence-corrected chi connectivity index (χ1v) is 7.47. The molecular weight excluding hydrogens is 264 g/mol. The maximum Gasteiger partial charge on any atom is 0.335 e. The summed E-state index contributed by atoms with van der Waals surface area (Å²) in [7, 11) is 1.82. The van der Waals surface area contributed by atoms with Gasteiger partial charge in [0.05, 0.1) is 0 Å². The second-order valence-electron chi connectivity index (χ2n) is 5.34. The first-order chi connectivity index (χ1) is 10.2. The van der Waals surface area contributed by atoms with Crippen molar-refractivity contribution in [1.82, 2.24) is 20.1 Å². The molecule has 114 valence electrons. The van der Waals surface area contributed by atoms with Gasteiger partial charge in [-0.15, -0.1) is 5.10 Å². The third-order valence-electron chi connectivity index (χ3n) is 3.37. The fraction of sp³-hybridized carbons (Fsp3) is 0.500. The number of hydrogen-bond acceptors (Lipinski definition) is 4. The summed E-state index contributed by atoms with van der Waals surface area (Å²) < 4.78 is 7.17. The third kappa shape index (κ3) is 4.86. The maximum absolute atomic E-state index is 5.54. The smallest absolute Gasteiger partial charge is 0.335 e. The quantitative estimate of drug-likeness (QED) is 0.758. The van der Waals surface area contributed by atoms with E-state index in [1.54, 1.807) is 11.0 Å². The van der Waals surface area contributed by atoms with Crippen molar-refractivity contribution in [2.45, 2.75) is 32.8 Å². The number of rotatable bonds is 8. The van der Waals surface area contributed by atoms with Crippen molar-refractivity contribution in [3.05, 3.63) is 41.7 Å². The van der Waals surface area contributed by atoms with Crippen molar-refractivity contribution < 1.29 is 4.74 Å². The summed E-state index contributed by atoms with van der Waals surface area (Å²) in [5, 5.41) is 7.54. The highest BCUT2D eigenvalue weighted by Crippen LogP contribution is 2.16. The SMILES string of the molecule is CCCNCC(C)c1ccc(COc2ncn(C)n2)cc1. The van der Waals surface area contributed by atoms with Gasteiger partial charge in [-0.05, 0) is 30.0 Å². The number of benzene rings is 1. The second kappa shape index (κ2) is 7.78. The van der Waals surface area contributed by atoms with Crippen molar-refractivity contribution in [1.29, 1.82) is 0 Å². The Morgan fingerprint density at radius 1 is 1.29 bits per heavy atom. The van der Waals surface area contributed by atoms with Crippen molar-refractivity contribution in [2.75, 3.05) is 13.1 Å². The van der Waals surface area contributed by atoms with Crippen molar-refractivity contribution in [3.8, 4) is 6.01 Å². The molecule has 0 saturated carbocycles. The van der Waals surface area contributed by atoms with Crippen molar-refractivity contribution in [2.24, 2.45) is 7.05 Å². The lowest BCUT2D eigenvalue weighted by Crippen LogP contribution is -2.20. The number of nitrogens with zero attached hydrogens (tertiary/aromatic N) is 3. The fourth-order valence-corrected chi connectivity index (χ4v) is 2.09. The molecule has 1 aromatic carbocycles. The van der Waals surface area contributed by atoms with E-state index < -0.39 is 0 Å². The zero-order chi connectivity index (χ0) is 15.1. The van der Waals surface area contributed by atoms with E-state index in [0.717, 1.165) is 18.7 Å². The van der Waals surface area contributed by atoms with Crippen LogP contribution in [0.25, 0.3) is 0 Å². The van der Waals surface area contributed by atoms with E-state index in [1.807, 2.05) is 7.05 Å². The number of hydrogen-bond donors (Lipinski definition) is 1. The minimum absolute atomic E-state index is 0.415. The van der Waals surface area contributed by atoms with Gasteiger partial charge in [-0.1, -0.05) is 38.1 Å². The van der Waals surface area contributed by atoms with Crippen LogP contribution < -0.4 is 10.1 Å². The van der Waals surface area contributed by atoms with E-state index in [-0.39, 0.29) is 0 Å². The molecule has 1 atom stereocenters. The van der Waals surface area contributed by atoms with Gasteiger partial charge in [0.25, 0.3) is 0 Å². The Balaban J connectivity index is 1.83. The van der Waals surface area contributed by atoms with Crippen LogP contribution in [-0.4, -0.2) is 27.9 Å². The van der Waals surface area contributed by atoms with Crippen LogP contribution in [-0.2, 0) is 13.7 Å². The maximum atomic E-state index is 5.54. The summed E-state index contributed by atoms with van der Waals surface area (Å²) in [4.78, 5) is 4.04. The molecule has 0 fully saturated rings. The van der Waals surface area contributed by atoms with Crippen LogP contribution in [0.5, 0.6) is 6.01 Å². The molecule has 1 heterocycles. The summed E-state index contributed by atoms with van der Waals surface area (Å²) >= 11 is 0. The zero-order valence-electron chi connectivity index (χ0n) is 13.0. The van der Waals surface area contributed by atoms with Gasteiger partial charge in [-0.3, -0.25) is 4.68 Å². The molecule has 2 rings (SSSR count). The lowest BCUT2D eigenvalue weighted by molar-refractivity contribution is 0.280. The molecule has 0 aliphatic rings. The van der Waals surface area contributed by atoms with E-state index in [4.69, 9.17) is 4.74 Å². The van der Waals surface area contributed by atoms with E-state index in [0.29, 0.717) is 18.5 Å². The number of aryl methyl sites for hydroxylation is 1. The van der Waals surface area contributed by atoms with Gasteiger partial charge in [0.2, 0.25) is 0 Å². The molecule has 2 aromatic rings. The van der Waals surface area contributed by atoms with E-state index in [9.17, 15) is 0 Å². The first kappa shape index (κ1) is 15.5. The standard InChI is InChI=1S/C16H24N4O/c1-4-9-17-10-13(2)15-7-5-14(6-8-15)11-21-16-18-12-20(3)19-16/h5-8,12-13,17H,4,9-11H2,1-3H3. The van der Waals surface area contributed by atoms with Gasteiger partial charge < -0.3 is 10.1 Å². The molecule has 1 N–H and O–H groups in total. The van der Waals surface area contributed by atoms with Gasteiger partial charge >= 0.3 is 6.01 Å². The molecule has 0 amide bonds.